The Kier molecular flexibility index (Phi) is 4.49. The summed E-state index contributed by atoms with van der Waals surface area (Å²) in [7, 11) is 0. The van der Waals surface area contributed by atoms with E-state index in [2.05, 4.69) is 22.5 Å². The van der Waals surface area contributed by atoms with Crippen molar-refractivity contribution >= 4 is 22.0 Å². The Bertz CT molecular complexity index is 389. The van der Waals surface area contributed by atoms with Crippen LogP contribution >= 0.6 is 15.9 Å². The third kappa shape index (κ3) is 3.66. The highest BCUT2D eigenvalue weighted by Crippen LogP contribution is 2.25. The molecule has 5 heteroatoms. The number of benzene rings is 1. The van der Waals surface area contributed by atoms with Gasteiger partial charge in [-0.15, -0.1) is 6.58 Å². The fourth-order valence-electron chi connectivity index (χ4n) is 1.30. The van der Waals surface area contributed by atoms with Crippen molar-refractivity contribution in [2.45, 2.75) is 12.5 Å². The van der Waals surface area contributed by atoms with Crippen LogP contribution in [0.3, 0.4) is 0 Å². The standard InChI is InChI=1S/C11H11BrFNO2/c1-2-3-10(16-11(14)15)7-4-8(12)6-9(13)5-7/h2,4-6,10H,1,3H2,(H2,14,15)/t10-/m0/s1. The molecule has 16 heavy (non-hydrogen) atoms. The molecule has 0 aromatic heterocycles. The molecule has 0 spiro atoms. The van der Waals surface area contributed by atoms with Crippen LogP contribution in [-0.4, -0.2) is 6.09 Å². The molecule has 0 aliphatic heterocycles. The lowest BCUT2D eigenvalue weighted by Gasteiger charge is -2.15. The Morgan fingerprint density at radius 1 is 1.62 bits per heavy atom. The molecule has 0 fully saturated rings. The highest BCUT2D eigenvalue weighted by atomic mass is 79.9. The summed E-state index contributed by atoms with van der Waals surface area (Å²) in [5.41, 5.74) is 5.47. The fourth-order valence-corrected chi connectivity index (χ4v) is 1.79. The molecule has 0 bridgehead atoms. The van der Waals surface area contributed by atoms with Crippen molar-refractivity contribution < 1.29 is 13.9 Å². The molecule has 0 saturated carbocycles. The van der Waals surface area contributed by atoms with Crippen molar-refractivity contribution in [2.75, 3.05) is 0 Å². The second-order valence-electron chi connectivity index (χ2n) is 3.15. The number of nitrogens with two attached hydrogens (primary N) is 1. The van der Waals surface area contributed by atoms with E-state index >= 15 is 0 Å². The molecule has 2 N–H and O–H groups in total. The van der Waals surface area contributed by atoms with Crippen molar-refractivity contribution in [1.29, 1.82) is 0 Å². The Balaban J connectivity index is 2.99. The second-order valence-corrected chi connectivity index (χ2v) is 4.07. The van der Waals surface area contributed by atoms with Gasteiger partial charge in [-0.05, 0) is 23.8 Å². The molecule has 0 heterocycles. The number of amides is 1. The zero-order chi connectivity index (χ0) is 12.1. The SMILES string of the molecule is C=CC[C@H](OC(N)=O)c1cc(F)cc(Br)c1. The number of ether oxygens (including phenoxy) is 1. The number of carbonyl (C=O) groups is 1. The number of rotatable bonds is 4. The minimum Gasteiger partial charge on any atom is -0.441 e. The summed E-state index contributed by atoms with van der Waals surface area (Å²) >= 11 is 3.16. The maximum atomic E-state index is 13.1. The molecule has 0 aliphatic rings. The van der Waals surface area contributed by atoms with Gasteiger partial charge in [0, 0.05) is 10.9 Å². The largest absolute Gasteiger partial charge is 0.441 e. The van der Waals surface area contributed by atoms with Crippen molar-refractivity contribution in [2.24, 2.45) is 5.73 Å². The number of primary amides is 1. The lowest BCUT2D eigenvalue weighted by molar-refractivity contribution is 0.108. The monoisotopic (exact) mass is 287 g/mol. The van der Waals surface area contributed by atoms with Gasteiger partial charge in [-0.2, -0.15) is 0 Å². The van der Waals surface area contributed by atoms with E-state index in [1.165, 1.54) is 12.1 Å². The average molecular weight is 288 g/mol. The Labute approximate surface area is 101 Å². The first-order valence-electron chi connectivity index (χ1n) is 4.56. The summed E-state index contributed by atoms with van der Waals surface area (Å²) < 4.78 is 18.6. The maximum absolute atomic E-state index is 13.1. The normalized spacial score (nSPS) is 11.9. The van der Waals surface area contributed by atoms with Gasteiger partial charge in [-0.3, -0.25) is 0 Å². The van der Waals surface area contributed by atoms with Crippen LogP contribution < -0.4 is 5.73 Å². The molecule has 0 unspecified atom stereocenters. The van der Waals surface area contributed by atoms with E-state index in [4.69, 9.17) is 10.5 Å². The molecule has 0 saturated heterocycles. The van der Waals surface area contributed by atoms with Crippen molar-refractivity contribution in [3.05, 3.63) is 46.7 Å². The van der Waals surface area contributed by atoms with Crippen LogP contribution in [0.25, 0.3) is 0 Å². The number of halogens is 2. The Morgan fingerprint density at radius 3 is 2.81 bits per heavy atom. The number of hydrogen-bond acceptors (Lipinski definition) is 2. The lowest BCUT2D eigenvalue weighted by atomic mass is 10.1. The van der Waals surface area contributed by atoms with Gasteiger partial charge in [0.2, 0.25) is 0 Å². The maximum Gasteiger partial charge on any atom is 0.405 e. The van der Waals surface area contributed by atoms with Crippen molar-refractivity contribution in [1.82, 2.24) is 0 Å². The van der Waals surface area contributed by atoms with Crippen molar-refractivity contribution in [3.63, 3.8) is 0 Å². The quantitative estimate of drug-likeness (QED) is 0.864. The van der Waals surface area contributed by atoms with Crippen LogP contribution in [0.2, 0.25) is 0 Å². The smallest absolute Gasteiger partial charge is 0.405 e. The van der Waals surface area contributed by atoms with Gasteiger partial charge in [0.05, 0.1) is 0 Å². The van der Waals surface area contributed by atoms with Crippen LogP contribution in [0.5, 0.6) is 0 Å². The summed E-state index contributed by atoms with van der Waals surface area (Å²) in [6.45, 7) is 3.54. The highest BCUT2D eigenvalue weighted by Gasteiger charge is 2.15. The molecular formula is C11H11BrFNO2. The Hall–Kier alpha value is -1.36. The zero-order valence-electron chi connectivity index (χ0n) is 8.45. The second kappa shape index (κ2) is 5.65. The number of hydrogen-bond donors (Lipinski definition) is 1. The first-order chi connectivity index (χ1) is 7.52. The van der Waals surface area contributed by atoms with Gasteiger partial charge in [0.25, 0.3) is 0 Å². The van der Waals surface area contributed by atoms with Crippen LogP contribution in [0.1, 0.15) is 18.1 Å². The lowest BCUT2D eigenvalue weighted by Crippen LogP contribution is -2.17. The molecule has 1 amide bonds. The van der Waals surface area contributed by atoms with E-state index in [9.17, 15) is 9.18 Å². The molecular weight excluding hydrogens is 277 g/mol. The van der Waals surface area contributed by atoms with Gasteiger partial charge >= 0.3 is 6.09 Å². The molecule has 0 radical (unpaired) electrons. The number of carbonyl (C=O) groups excluding carboxylic acids is 1. The molecule has 3 nitrogen and oxygen atoms in total. The van der Waals surface area contributed by atoms with E-state index in [1.54, 1.807) is 12.1 Å². The summed E-state index contributed by atoms with van der Waals surface area (Å²) in [6, 6.07) is 4.28. The third-order valence-electron chi connectivity index (χ3n) is 1.90. The Morgan fingerprint density at radius 2 is 2.31 bits per heavy atom. The minimum absolute atomic E-state index is 0.374. The van der Waals surface area contributed by atoms with E-state index < -0.39 is 18.0 Å². The zero-order valence-corrected chi connectivity index (χ0v) is 10.0. The van der Waals surface area contributed by atoms with Gasteiger partial charge in [0.15, 0.2) is 0 Å². The molecule has 86 valence electrons. The first-order valence-corrected chi connectivity index (χ1v) is 5.35. The fraction of sp³-hybridized carbons (Fsp3) is 0.182. The van der Waals surface area contributed by atoms with Gasteiger partial charge in [0.1, 0.15) is 11.9 Å². The first kappa shape index (κ1) is 12.7. The van der Waals surface area contributed by atoms with Crippen LogP contribution in [0.4, 0.5) is 9.18 Å². The molecule has 1 aromatic carbocycles. The molecule has 1 aromatic rings. The van der Waals surface area contributed by atoms with Gasteiger partial charge in [-0.25, -0.2) is 9.18 Å². The summed E-state index contributed by atoms with van der Waals surface area (Å²) in [6.07, 6.45) is 0.444. The molecule has 1 rings (SSSR count). The van der Waals surface area contributed by atoms with E-state index in [-0.39, 0.29) is 0 Å². The van der Waals surface area contributed by atoms with Crippen molar-refractivity contribution in [3.8, 4) is 0 Å². The van der Waals surface area contributed by atoms with Crippen LogP contribution in [0, 0.1) is 5.82 Å². The predicted octanol–water partition coefficient (Wildman–Crippen LogP) is 3.30. The minimum atomic E-state index is -0.896. The van der Waals surface area contributed by atoms with E-state index in [0.717, 1.165) is 0 Å². The predicted molar refractivity (Wildman–Crippen MR) is 62.3 cm³/mol. The van der Waals surface area contributed by atoms with Gasteiger partial charge < -0.3 is 10.5 Å². The van der Waals surface area contributed by atoms with Crippen LogP contribution in [-0.2, 0) is 4.74 Å². The van der Waals surface area contributed by atoms with E-state index in [1.807, 2.05) is 0 Å². The van der Waals surface area contributed by atoms with Gasteiger partial charge in [-0.1, -0.05) is 22.0 Å². The third-order valence-corrected chi connectivity index (χ3v) is 2.35. The summed E-state index contributed by atoms with van der Waals surface area (Å²) in [5, 5.41) is 0. The average Bonchev–Trinajstić information content (AvgIpc) is 2.14. The summed E-state index contributed by atoms with van der Waals surface area (Å²) in [5.74, 6) is -0.411. The molecule has 1 atom stereocenters. The highest BCUT2D eigenvalue weighted by molar-refractivity contribution is 9.10. The topological polar surface area (TPSA) is 52.3 Å². The molecule has 0 aliphatic carbocycles. The van der Waals surface area contributed by atoms with Crippen LogP contribution in [0.15, 0.2) is 35.3 Å². The summed E-state index contributed by atoms with van der Waals surface area (Å²) in [4.78, 5) is 10.7. The van der Waals surface area contributed by atoms with E-state index in [0.29, 0.717) is 16.5 Å².